The first-order chi connectivity index (χ1) is 6.47. The zero-order valence-corrected chi connectivity index (χ0v) is 9.47. The average molecular weight is 211 g/mol. The summed E-state index contributed by atoms with van der Waals surface area (Å²) < 4.78 is 0. The van der Waals surface area contributed by atoms with Crippen molar-refractivity contribution in [3.63, 3.8) is 0 Å². The Kier molecular flexibility index (Phi) is 3.77. The number of hydrogen-bond donors (Lipinski definition) is 2. The predicted molar refractivity (Wildman–Crippen MR) is 63.1 cm³/mol. The molecule has 0 aromatic carbocycles. The van der Waals surface area contributed by atoms with Crippen LogP contribution in [0.5, 0.6) is 0 Å². The van der Waals surface area contributed by atoms with Crippen LogP contribution < -0.4 is 11.5 Å². The molecule has 0 saturated carbocycles. The number of rotatable bonds is 4. The van der Waals surface area contributed by atoms with E-state index in [9.17, 15) is 0 Å². The van der Waals surface area contributed by atoms with Gasteiger partial charge in [0.2, 0.25) is 0 Å². The van der Waals surface area contributed by atoms with Crippen LogP contribution in [0.2, 0.25) is 0 Å². The minimum atomic E-state index is -0.105. The van der Waals surface area contributed by atoms with Crippen LogP contribution in [-0.4, -0.2) is 16.3 Å². The molecular weight excluding hydrogens is 194 g/mol. The Morgan fingerprint density at radius 3 is 2.64 bits per heavy atom. The van der Waals surface area contributed by atoms with Gasteiger partial charge in [0.15, 0.2) is 0 Å². The van der Waals surface area contributed by atoms with Crippen LogP contribution in [0.3, 0.4) is 0 Å². The van der Waals surface area contributed by atoms with Crippen LogP contribution in [0.15, 0.2) is 18.3 Å². The van der Waals surface area contributed by atoms with Crippen molar-refractivity contribution in [2.24, 2.45) is 5.73 Å². The van der Waals surface area contributed by atoms with Crippen molar-refractivity contribution in [1.82, 2.24) is 4.98 Å². The summed E-state index contributed by atoms with van der Waals surface area (Å²) >= 11 is 1.81. The molecule has 14 heavy (non-hydrogen) atoms. The van der Waals surface area contributed by atoms with Crippen LogP contribution in [0.4, 0.5) is 5.82 Å². The van der Waals surface area contributed by atoms with E-state index in [-0.39, 0.29) is 5.54 Å². The zero-order valence-electron chi connectivity index (χ0n) is 8.66. The molecule has 0 aliphatic carbocycles. The number of aromatic nitrogens is 1. The minimum Gasteiger partial charge on any atom is -0.384 e. The molecule has 1 rings (SSSR count). The second-order valence-electron chi connectivity index (χ2n) is 4.07. The van der Waals surface area contributed by atoms with Crippen LogP contribution >= 0.6 is 11.8 Å². The molecule has 0 unspecified atom stereocenters. The molecule has 0 bridgehead atoms. The minimum absolute atomic E-state index is 0.105. The van der Waals surface area contributed by atoms with Crippen molar-refractivity contribution < 1.29 is 0 Å². The maximum atomic E-state index is 5.87. The van der Waals surface area contributed by atoms with E-state index in [0.717, 1.165) is 11.5 Å². The van der Waals surface area contributed by atoms with Crippen LogP contribution in [0.25, 0.3) is 0 Å². The molecule has 4 heteroatoms. The molecule has 78 valence electrons. The topological polar surface area (TPSA) is 64.9 Å². The largest absolute Gasteiger partial charge is 0.384 e. The monoisotopic (exact) mass is 211 g/mol. The van der Waals surface area contributed by atoms with Gasteiger partial charge in [0.25, 0.3) is 0 Å². The van der Waals surface area contributed by atoms with Gasteiger partial charge in [-0.1, -0.05) is 6.07 Å². The lowest BCUT2D eigenvalue weighted by Crippen LogP contribution is -2.34. The molecular formula is C10H17N3S. The van der Waals surface area contributed by atoms with Gasteiger partial charge in [-0.25, -0.2) is 4.98 Å². The summed E-state index contributed by atoms with van der Waals surface area (Å²) in [4.78, 5) is 4.03. The van der Waals surface area contributed by atoms with E-state index in [2.05, 4.69) is 4.98 Å². The molecule has 1 aromatic rings. The summed E-state index contributed by atoms with van der Waals surface area (Å²) in [5, 5.41) is 0. The predicted octanol–water partition coefficient (Wildman–Crippen LogP) is 1.63. The Bertz CT molecular complexity index is 276. The Hall–Kier alpha value is -0.740. The molecule has 1 heterocycles. The Balaban J connectivity index is 2.35. The smallest absolute Gasteiger partial charge is 0.123 e. The number of nitrogens with two attached hydrogens (primary N) is 2. The standard InChI is InChI=1S/C10H17N3S/c1-10(2,12)7-14-6-8-3-4-9(11)13-5-8/h3-5H,6-7,12H2,1-2H3,(H2,11,13). The van der Waals surface area contributed by atoms with Gasteiger partial charge >= 0.3 is 0 Å². The lowest BCUT2D eigenvalue weighted by atomic mass is 10.1. The second kappa shape index (κ2) is 4.66. The number of anilines is 1. The Labute approximate surface area is 89.3 Å². The highest BCUT2D eigenvalue weighted by Crippen LogP contribution is 2.16. The fourth-order valence-corrected chi connectivity index (χ4v) is 1.99. The molecule has 0 spiro atoms. The maximum Gasteiger partial charge on any atom is 0.123 e. The van der Waals surface area contributed by atoms with Gasteiger partial charge in [-0.2, -0.15) is 11.8 Å². The fourth-order valence-electron chi connectivity index (χ4n) is 0.953. The number of hydrogen-bond acceptors (Lipinski definition) is 4. The van der Waals surface area contributed by atoms with Crippen molar-refractivity contribution in [2.75, 3.05) is 11.5 Å². The first-order valence-electron chi connectivity index (χ1n) is 4.54. The molecule has 0 amide bonds. The van der Waals surface area contributed by atoms with E-state index in [0.29, 0.717) is 5.82 Å². The molecule has 0 radical (unpaired) electrons. The summed E-state index contributed by atoms with van der Waals surface area (Å²) in [5.41, 5.74) is 12.4. The summed E-state index contributed by atoms with van der Waals surface area (Å²) in [6.07, 6.45) is 1.81. The fraction of sp³-hybridized carbons (Fsp3) is 0.500. The molecule has 0 aliphatic heterocycles. The highest BCUT2D eigenvalue weighted by atomic mass is 32.2. The van der Waals surface area contributed by atoms with Gasteiger partial charge in [-0.05, 0) is 25.5 Å². The number of nitrogen functional groups attached to an aromatic ring is 1. The first-order valence-corrected chi connectivity index (χ1v) is 5.70. The van der Waals surface area contributed by atoms with E-state index in [4.69, 9.17) is 11.5 Å². The first kappa shape index (κ1) is 11.3. The molecule has 0 aliphatic rings. The third kappa shape index (κ3) is 4.48. The van der Waals surface area contributed by atoms with E-state index in [1.54, 1.807) is 0 Å². The number of thioether (sulfide) groups is 1. The maximum absolute atomic E-state index is 5.87. The second-order valence-corrected chi connectivity index (χ2v) is 5.06. The molecule has 0 saturated heterocycles. The summed E-state index contributed by atoms with van der Waals surface area (Å²) in [7, 11) is 0. The van der Waals surface area contributed by atoms with Crippen LogP contribution in [0.1, 0.15) is 19.4 Å². The van der Waals surface area contributed by atoms with Gasteiger partial charge in [-0.15, -0.1) is 0 Å². The highest BCUT2D eigenvalue weighted by Gasteiger charge is 2.09. The highest BCUT2D eigenvalue weighted by molar-refractivity contribution is 7.98. The van der Waals surface area contributed by atoms with Crippen molar-refractivity contribution in [2.45, 2.75) is 25.1 Å². The lowest BCUT2D eigenvalue weighted by molar-refractivity contribution is 0.591. The third-order valence-corrected chi connectivity index (χ3v) is 3.08. The van der Waals surface area contributed by atoms with Gasteiger partial charge < -0.3 is 11.5 Å². The normalized spacial score (nSPS) is 11.6. The van der Waals surface area contributed by atoms with Crippen LogP contribution in [-0.2, 0) is 5.75 Å². The third-order valence-electron chi connectivity index (χ3n) is 1.59. The number of nitrogens with zero attached hydrogens (tertiary/aromatic N) is 1. The Morgan fingerprint density at radius 1 is 1.43 bits per heavy atom. The summed E-state index contributed by atoms with van der Waals surface area (Å²) in [6, 6.07) is 3.82. The quantitative estimate of drug-likeness (QED) is 0.794. The average Bonchev–Trinajstić information content (AvgIpc) is 2.06. The summed E-state index contributed by atoms with van der Waals surface area (Å²) in [5.74, 6) is 2.45. The molecule has 0 atom stereocenters. The molecule has 0 fully saturated rings. The van der Waals surface area contributed by atoms with Gasteiger partial charge in [-0.3, -0.25) is 0 Å². The van der Waals surface area contributed by atoms with Crippen LogP contribution in [0, 0.1) is 0 Å². The van der Waals surface area contributed by atoms with E-state index in [1.807, 2.05) is 43.9 Å². The van der Waals surface area contributed by atoms with Crippen molar-refractivity contribution in [3.8, 4) is 0 Å². The number of pyridine rings is 1. The SMILES string of the molecule is CC(C)(N)CSCc1ccc(N)nc1. The Morgan fingerprint density at radius 2 is 2.14 bits per heavy atom. The lowest BCUT2D eigenvalue weighted by Gasteiger charge is -2.17. The van der Waals surface area contributed by atoms with Gasteiger partial charge in [0.05, 0.1) is 0 Å². The van der Waals surface area contributed by atoms with Crippen molar-refractivity contribution in [3.05, 3.63) is 23.9 Å². The van der Waals surface area contributed by atoms with E-state index >= 15 is 0 Å². The molecule has 3 nitrogen and oxygen atoms in total. The van der Waals surface area contributed by atoms with E-state index in [1.165, 1.54) is 5.56 Å². The molecule has 1 aromatic heterocycles. The van der Waals surface area contributed by atoms with Crippen molar-refractivity contribution >= 4 is 17.6 Å². The molecule has 4 N–H and O–H groups in total. The zero-order chi connectivity index (χ0) is 10.6. The van der Waals surface area contributed by atoms with Gasteiger partial charge in [0.1, 0.15) is 5.82 Å². The van der Waals surface area contributed by atoms with Crippen molar-refractivity contribution in [1.29, 1.82) is 0 Å². The van der Waals surface area contributed by atoms with Gasteiger partial charge in [0, 0.05) is 23.2 Å². The summed E-state index contributed by atoms with van der Waals surface area (Å²) in [6.45, 7) is 4.06. The van der Waals surface area contributed by atoms with E-state index < -0.39 is 0 Å².